The zero-order chi connectivity index (χ0) is 16.1. The van der Waals surface area contributed by atoms with Crippen molar-refractivity contribution in [2.45, 2.75) is 57.0 Å². The molecule has 0 radical (unpaired) electrons. The zero-order valence-corrected chi connectivity index (χ0v) is 14.2. The van der Waals surface area contributed by atoms with E-state index in [1.807, 2.05) is 18.2 Å². The van der Waals surface area contributed by atoms with Crippen LogP contribution in [0.2, 0.25) is 0 Å². The molecule has 0 spiro atoms. The highest BCUT2D eigenvalue weighted by atomic mass is 16.5. The molecule has 126 valence electrons. The van der Waals surface area contributed by atoms with Crippen LogP contribution < -0.4 is 0 Å². The third kappa shape index (κ3) is 4.35. The van der Waals surface area contributed by atoms with Gasteiger partial charge in [0.05, 0.1) is 5.92 Å². The quantitative estimate of drug-likeness (QED) is 0.787. The summed E-state index contributed by atoms with van der Waals surface area (Å²) < 4.78 is 5.94. The van der Waals surface area contributed by atoms with Gasteiger partial charge in [-0.15, -0.1) is 0 Å². The van der Waals surface area contributed by atoms with Gasteiger partial charge in [-0.3, -0.25) is 4.79 Å². The Hall–Kier alpha value is -1.35. The van der Waals surface area contributed by atoms with Crippen molar-refractivity contribution in [1.29, 1.82) is 0 Å². The van der Waals surface area contributed by atoms with Crippen molar-refractivity contribution in [2.75, 3.05) is 20.1 Å². The molecule has 1 aliphatic heterocycles. The molecule has 2 fully saturated rings. The first-order valence-electron chi connectivity index (χ1n) is 9.18. The molecule has 0 unspecified atom stereocenters. The SMILES string of the molecule is CN1CCC(OC(=O)[C@@H](c2ccccc2)C2CCCCC2)CC1. The van der Waals surface area contributed by atoms with E-state index in [-0.39, 0.29) is 18.0 Å². The molecule has 23 heavy (non-hydrogen) atoms. The van der Waals surface area contributed by atoms with Gasteiger partial charge in [-0.2, -0.15) is 0 Å². The predicted octanol–water partition coefficient (Wildman–Crippen LogP) is 3.99. The lowest BCUT2D eigenvalue weighted by molar-refractivity contribution is -0.154. The average molecular weight is 315 g/mol. The number of carbonyl (C=O) groups is 1. The Balaban J connectivity index is 1.70. The molecule has 1 heterocycles. The number of ether oxygens (including phenoxy) is 1. The van der Waals surface area contributed by atoms with Crippen LogP contribution in [0, 0.1) is 5.92 Å². The maximum atomic E-state index is 13.0. The van der Waals surface area contributed by atoms with E-state index in [0.717, 1.165) is 44.3 Å². The van der Waals surface area contributed by atoms with Crippen LogP contribution in [0.1, 0.15) is 56.4 Å². The summed E-state index contributed by atoms with van der Waals surface area (Å²) in [6.07, 6.45) is 8.15. The molecular weight excluding hydrogens is 286 g/mol. The summed E-state index contributed by atoms with van der Waals surface area (Å²) in [5.74, 6) is 0.388. The first-order chi connectivity index (χ1) is 11.2. The van der Waals surface area contributed by atoms with Crippen molar-refractivity contribution in [1.82, 2.24) is 4.90 Å². The Morgan fingerprint density at radius 3 is 2.35 bits per heavy atom. The minimum absolute atomic E-state index is 0.0117. The van der Waals surface area contributed by atoms with Crippen molar-refractivity contribution < 1.29 is 9.53 Å². The fraction of sp³-hybridized carbons (Fsp3) is 0.650. The van der Waals surface area contributed by atoms with Crippen LogP contribution in [-0.2, 0) is 9.53 Å². The highest BCUT2D eigenvalue weighted by Gasteiger charge is 2.33. The topological polar surface area (TPSA) is 29.5 Å². The molecule has 0 bridgehead atoms. The van der Waals surface area contributed by atoms with Crippen molar-refractivity contribution in [2.24, 2.45) is 5.92 Å². The number of rotatable bonds is 4. The van der Waals surface area contributed by atoms with E-state index in [1.54, 1.807) is 0 Å². The number of likely N-dealkylation sites (tertiary alicyclic amines) is 1. The molecule has 1 aromatic carbocycles. The van der Waals surface area contributed by atoms with Gasteiger partial charge in [-0.05, 0) is 44.2 Å². The summed E-state index contributed by atoms with van der Waals surface area (Å²) in [6.45, 7) is 2.05. The summed E-state index contributed by atoms with van der Waals surface area (Å²) in [5.41, 5.74) is 1.14. The van der Waals surface area contributed by atoms with Crippen LogP contribution in [0.15, 0.2) is 30.3 Å². The zero-order valence-electron chi connectivity index (χ0n) is 14.2. The first kappa shape index (κ1) is 16.5. The minimum Gasteiger partial charge on any atom is -0.462 e. The Labute approximate surface area is 140 Å². The van der Waals surface area contributed by atoms with Gasteiger partial charge in [0.15, 0.2) is 0 Å². The lowest BCUT2D eigenvalue weighted by Gasteiger charge is -2.33. The van der Waals surface area contributed by atoms with Crippen molar-refractivity contribution >= 4 is 5.97 Å². The molecule has 3 nitrogen and oxygen atoms in total. The van der Waals surface area contributed by atoms with Gasteiger partial charge in [-0.25, -0.2) is 0 Å². The standard InChI is InChI=1S/C20H29NO2/c1-21-14-12-18(13-15-21)23-20(22)19(16-8-4-2-5-9-16)17-10-6-3-7-11-17/h2,4-5,8-9,17-19H,3,6-7,10-15H2,1H3/t19-/m0/s1. The highest BCUT2D eigenvalue weighted by Crippen LogP contribution is 2.37. The highest BCUT2D eigenvalue weighted by molar-refractivity contribution is 5.78. The third-order valence-corrected chi connectivity index (χ3v) is 5.48. The van der Waals surface area contributed by atoms with Crippen molar-refractivity contribution in [3.05, 3.63) is 35.9 Å². The van der Waals surface area contributed by atoms with E-state index in [9.17, 15) is 4.79 Å². The van der Waals surface area contributed by atoms with Crippen LogP contribution in [0.3, 0.4) is 0 Å². The lowest BCUT2D eigenvalue weighted by atomic mass is 9.77. The second-order valence-corrected chi connectivity index (χ2v) is 7.23. The normalized spacial score (nSPS) is 22.7. The molecule has 0 amide bonds. The van der Waals surface area contributed by atoms with E-state index in [4.69, 9.17) is 4.74 Å². The molecule has 1 aliphatic carbocycles. The fourth-order valence-electron chi connectivity index (χ4n) is 4.07. The van der Waals surface area contributed by atoms with E-state index >= 15 is 0 Å². The second kappa shape index (κ2) is 7.96. The molecule has 1 saturated heterocycles. The van der Waals surface area contributed by atoms with Gasteiger partial charge in [0, 0.05) is 13.1 Å². The summed E-state index contributed by atoms with van der Waals surface area (Å²) in [6, 6.07) is 10.3. The Kier molecular flexibility index (Phi) is 5.71. The number of nitrogens with zero attached hydrogens (tertiary/aromatic N) is 1. The second-order valence-electron chi connectivity index (χ2n) is 7.23. The van der Waals surface area contributed by atoms with Crippen molar-refractivity contribution in [3.8, 4) is 0 Å². The van der Waals surface area contributed by atoms with Gasteiger partial charge < -0.3 is 9.64 Å². The smallest absolute Gasteiger partial charge is 0.313 e. The van der Waals surface area contributed by atoms with Crippen molar-refractivity contribution in [3.63, 3.8) is 0 Å². The van der Waals surface area contributed by atoms with Crippen LogP contribution >= 0.6 is 0 Å². The van der Waals surface area contributed by atoms with Gasteiger partial charge in [0.25, 0.3) is 0 Å². The number of piperidine rings is 1. The third-order valence-electron chi connectivity index (χ3n) is 5.48. The van der Waals surface area contributed by atoms with Gasteiger partial charge in [0.2, 0.25) is 0 Å². The fourth-order valence-corrected chi connectivity index (χ4v) is 4.07. The van der Waals surface area contributed by atoms with Crippen LogP contribution in [0.5, 0.6) is 0 Å². The summed E-state index contributed by atoms with van der Waals surface area (Å²) >= 11 is 0. The molecule has 0 N–H and O–H groups in total. The number of esters is 1. The van der Waals surface area contributed by atoms with Crippen LogP contribution in [-0.4, -0.2) is 37.1 Å². The average Bonchev–Trinajstić information content (AvgIpc) is 2.59. The molecular formula is C20H29NO2. The number of hydrogen-bond donors (Lipinski definition) is 0. The molecule has 1 saturated carbocycles. The molecule has 1 atom stereocenters. The largest absolute Gasteiger partial charge is 0.462 e. The number of carbonyl (C=O) groups excluding carboxylic acids is 1. The molecule has 0 aromatic heterocycles. The van der Waals surface area contributed by atoms with E-state index < -0.39 is 0 Å². The summed E-state index contributed by atoms with van der Waals surface area (Å²) in [4.78, 5) is 15.3. The molecule has 3 rings (SSSR count). The molecule has 1 aromatic rings. The van der Waals surface area contributed by atoms with Gasteiger partial charge >= 0.3 is 5.97 Å². The van der Waals surface area contributed by atoms with Gasteiger partial charge in [-0.1, -0.05) is 49.6 Å². The van der Waals surface area contributed by atoms with Crippen LogP contribution in [0.25, 0.3) is 0 Å². The maximum absolute atomic E-state index is 13.0. The minimum atomic E-state index is -0.0730. The predicted molar refractivity (Wildman–Crippen MR) is 92.4 cm³/mol. The van der Waals surface area contributed by atoms with Gasteiger partial charge in [0.1, 0.15) is 6.10 Å². The number of hydrogen-bond acceptors (Lipinski definition) is 3. The summed E-state index contributed by atoms with van der Waals surface area (Å²) in [5, 5.41) is 0. The number of benzene rings is 1. The summed E-state index contributed by atoms with van der Waals surface area (Å²) in [7, 11) is 2.13. The monoisotopic (exact) mass is 315 g/mol. The Bertz CT molecular complexity index is 488. The van der Waals surface area contributed by atoms with E-state index in [2.05, 4.69) is 24.1 Å². The molecule has 3 heteroatoms. The maximum Gasteiger partial charge on any atom is 0.313 e. The Morgan fingerprint density at radius 2 is 1.70 bits per heavy atom. The van der Waals surface area contributed by atoms with E-state index in [1.165, 1.54) is 19.3 Å². The molecule has 2 aliphatic rings. The lowest BCUT2D eigenvalue weighted by Crippen LogP contribution is -2.37. The Morgan fingerprint density at radius 1 is 1.04 bits per heavy atom. The first-order valence-corrected chi connectivity index (χ1v) is 9.18. The van der Waals surface area contributed by atoms with Crippen LogP contribution in [0.4, 0.5) is 0 Å². The van der Waals surface area contributed by atoms with E-state index in [0.29, 0.717) is 5.92 Å².